The maximum Gasteiger partial charge on any atom is 0.264 e. The number of fused-ring (bicyclic) bond motifs is 15. The second-order valence-corrected chi connectivity index (χ2v) is 20.0. The maximum atomic E-state index is 2.63. The zero-order chi connectivity index (χ0) is 44.5. The van der Waals surface area contributed by atoms with Crippen LogP contribution in [0.15, 0.2) is 212 Å². The lowest BCUT2D eigenvalue weighted by Gasteiger charge is -2.43. The molecule has 2 nitrogen and oxygen atoms in total. The Bertz CT molecular complexity index is 3600. The fourth-order valence-electron chi connectivity index (χ4n) is 12.2. The Hall–Kier alpha value is -7.66. The smallest absolute Gasteiger partial charge is 0.264 e. The lowest BCUT2D eigenvalue weighted by atomic mass is 9.36. The Morgan fingerprint density at radius 1 is 0.463 bits per heavy atom. The fourth-order valence-corrected chi connectivity index (χ4v) is 13.9. The number of aryl methyl sites for hydroxylation is 1. The molecule has 0 amide bonds. The zero-order valence-corrected chi connectivity index (χ0v) is 38.5. The summed E-state index contributed by atoms with van der Waals surface area (Å²) in [6.07, 6.45) is 0. The van der Waals surface area contributed by atoms with Gasteiger partial charge in [-0.25, -0.2) is 0 Å². The van der Waals surface area contributed by atoms with Crippen molar-refractivity contribution in [2.24, 2.45) is 0 Å². The third-order valence-corrected chi connectivity index (χ3v) is 16.5. The van der Waals surface area contributed by atoms with Gasteiger partial charge in [-0.15, -0.1) is 11.3 Å². The molecular weight excluding hydrogens is 828 g/mol. The van der Waals surface area contributed by atoms with Gasteiger partial charge in [-0.05, 0) is 127 Å². The molecular formula is C63H45BN2S. The number of thiophene rings is 1. The molecule has 0 fully saturated rings. The molecule has 10 aromatic rings. The van der Waals surface area contributed by atoms with Crippen LogP contribution in [-0.4, -0.2) is 6.71 Å². The molecule has 0 saturated heterocycles. The summed E-state index contributed by atoms with van der Waals surface area (Å²) in [5.74, 6) is 0.395. The Morgan fingerprint density at radius 2 is 1.06 bits per heavy atom. The second-order valence-electron chi connectivity index (χ2n) is 19.0. The number of hydrogen-bond donors (Lipinski definition) is 0. The topological polar surface area (TPSA) is 6.48 Å². The molecule has 0 bridgehead atoms. The summed E-state index contributed by atoms with van der Waals surface area (Å²) in [6.45, 7) is 6.84. The van der Waals surface area contributed by atoms with Crippen molar-refractivity contribution in [2.75, 3.05) is 9.80 Å². The summed E-state index contributed by atoms with van der Waals surface area (Å²) in [6, 6.07) is 80.2. The van der Waals surface area contributed by atoms with E-state index in [1.165, 1.54) is 121 Å². The van der Waals surface area contributed by atoms with Gasteiger partial charge in [0.15, 0.2) is 0 Å². The van der Waals surface area contributed by atoms with Gasteiger partial charge in [-0.3, -0.25) is 0 Å². The van der Waals surface area contributed by atoms with Crippen LogP contribution >= 0.6 is 11.3 Å². The number of hydrogen-bond acceptors (Lipinski definition) is 3. The Morgan fingerprint density at radius 3 is 1.75 bits per heavy atom. The van der Waals surface area contributed by atoms with Gasteiger partial charge in [0.25, 0.3) is 6.71 Å². The standard InChI is InChI=1S/C63H45BN2S/c1-39(2)42-31-35-50-53(37-42)63(51-25-14-12-23-48(51)49-24-13-15-26-52(49)63)61-58(50)60-62(67-61)64-54-36-32-43(47-22-11-10-21-46(47)41-17-6-4-7-18-41)38-57(54)65(44-19-8-5-9-20-44)55-27-16-28-56(59(55)64)66(60)45-33-29-40(3)30-34-45/h4-39H,1-3H3. The van der Waals surface area contributed by atoms with E-state index in [-0.39, 0.29) is 6.71 Å². The highest BCUT2D eigenvalue weighted by molar-refractivity contribution is 7.30. The largest absolute Gasteiger partial charge is 0.311 e. The maximum absolute atomic E-state index is 2.63. The first kappa shape index (κ1) is 38.6. The van der Waals surface area contributed by atoms with Crippen LogP contribution in [0.1, 0.15) is 52.5 Å². The van der Waals surface area contributed by atoms with Gasteiger partial charge < -0.3 is 9.80 Å². The van der Waals surface area contributed by atoms with Crippen molar-refractivity contribution in [1.29, 1.82) is 0 Å². The molecule has 0 N–H and O–H groups in total. The molecule has 14 rings (SSSR count). The predicted octanol–water partition coefficient (Wildman–Crippen LogP) is 14.9. The van der Waals surface area contributed by atoms with Crippen molar-refractivity contribution in [2.45, 2.75) is 32.1 Å². The molecule has 4 aliphatic rings. The minimum absolute atomic E-state index is 0.00537. The molecule has 9 aromatic carbocycles. The summed E-state index contributed by atoms with van der Waals surface area (Å²) in [5.41, 5.74) is 26.6. The van der Waals surface area contributed by atoms with Gasteiger partial charge in [0.05, 0.1) is 11.1 Å². The average molecular weight is 873 g/mol. The van der Waals surface area contributed by atoms with Crippen LogP contribution in [-0.2, 0) is 5.41 Å². The minimum Gasteiger partial charge on any atom is -0.311 e. The van der Waals surface area contributed by atoms with Gasteiger partial charge in [0.2, 0.25) is 0 Å². The minimum atomic E-state index is -0.461. The molecule has 0 saturated carbocycles. The van der Waals surface area contributed by atoms with Crippen LogP contribution in [0.3, 0.4) is 0 Å². The van der Waals surface area contributed by atoms with Crippen molar-refractivity contribution >= 4 is 67.9 Å². The highest BCUT2D eigenvalue weighted by Gasteiger charge is 2.57. The Balaban J connectivity index is 1.10. The van der Waals surface area contributed by atoms with Gasteiger partial charge in [0.1, 0.15) is 0 Å². The summed E-state index contributed by atoms with van der Waals surface area (Å²) in [5, 5.41) is 0. The quantitative estimate of drug-likeness (QED) is 0.159. The van der Waals surface area contributed by atoms with Crippen molar-refractivity contribution in [1.82, 2.24) is 0 Å². The third-order valence-electron chi connectivity index (χ3n) is 15.1. The van der Waals surface area contributed by atoms with Crippen LogP contribution in [0.4, 0.5) is 34.1 Å². The van der Waals surface area contributed by atoms with Crippen molar-refractivity contribution in [3.63, 3.8) is 0 Å². The molecule has 0 unspecified atom stereocenters. The fraction of sp³-hybridized carbons (Fsp3) is 0.0794. The number of rotatable bonds is 5. The Kier molecular flexibility index (Phi) is 8.31. The summed E-state index contributed by atoms with van der Waals surface area (Å²) >= 11 is 2.06. The van der Waals surface area contributed by atoms with E-state index in [4.69, 9.17) is 0 Å². The molecule has 0 radical (unpaired) electrons. The summed E-state index contributed by atoms with van der Waals surface area (Å²) < 4.78 is 1.40. The zero-order valence-electron chi connectivity index (χ0n) is 37.7. The van der Waals surface area contributed by atoms with E-state index in [2.05, 4.69) is 254 Å². The van der Waals surface area contributed by atoms with E-state index in [0.717, 1.165) is 5.69 Å². The first-order chi connectivity index (χ1) is 33.0. The molecule has 2 aliphatic heterocycles. The monoisotopic (exact) mass is 872 g/mol. The van der Waals surface area contributed by atoms with Crippen LogP contribution < -0.4 is 25.5 Å². The van der Waals surface area contributed by atoms with Crippen LogP contribution in [0.2, 0.25) is 0 Å². The average Bonchev–Trinajstić information content (AvgIpc) is 4.01. The first-order valence-electron chi connectivity index (χ1n) is 23.7. The summed E-state index contributed by atoms with van der Waals surface area (Å²) in [7, 11) is 0. The SMILES string of the molecule is Cc1ccc(N2c3cccc4c3B(c3ccc(-c5ccccc5-c5ccccc5)cc3N4c3ccccc3)c3sc4c(c32)-c2ccc(C(C)C)cc2C42c3ccccc3-c3ccccc32)cc1. The van der Waals surface area contributed by atoms with E-state index in [1.807, 2.05) is 0 Å². The second kappa shape index (κ2) is 14.4. The normalized spacial score (nSPS) is 14.1. The molecule has 67 heavy (non-hydrogen) atoms. The predicted molar refractivity (Wildman–Crippen MR) is 284 cm³/mol. The Labute approximate surface area is 397 Å². The number of anilines is 6. The number of benzene rings is 9. The lowest BCUT2D eigenvalue weighted by Crippen LogP contribution is -2.60. The van der Waals surface area contributed by atoms with E-state index < -0.39 is 5.41 Å². The van der Waals surface area contributed by atoms with E-state index >= 15 is 0 Å². The van der Waals surface area contributed by atoms with Crippen LogP contribution in [0, 0.1) is 6.92 Å². The van der Waals surface area contributed by atoms with Gasteiger partial charge in [-0.1, -0.05) is 189 Å². The molecule has 1 spiro atoms. The third kappa shape index (κ3) is 5.28. The first-order valence-corrected chi connectivity index (χ1v) is 24.5. The molecule has 2 aliphatic carbocycles. The number of para-hydroxylation sites is 1. The van der Waals surface area contributed by atoms with E-state index in [1.54, 1.807) is 0 Å². The van der Waals surface area contributed by atoms with Crippen molar-refractivity contribution in [3.8, 4) is 44.5 Å². The summed E-state index contributed by atoms with van der Waals surface area (Å²) in [4.78, 5) is 6.59. The molecule has 4 heteroatoms. The molecule has 0 atom stereocenters. The molecule has 316 valence electrons. The molecule has 3 heterocycles. The van der Waals surface area contributed by atoms with Gasteiger partial charge >= 0.3 is 0 Å². The van der Waals surface area contributed by atoms with Crippen molar-refractivity contribution < 1.29 is 0 Å². The lowest BCUT2D eigenvalue weighted by molar-refractivity contribution is 0.799. The van der Waals surface area contributed by atoms with E-state index in [9.17, 15) is 0 Å². The number of nitrogens with zero attached hydrogens (tertiary/aromatic N) is 2. The van der Waals surface area contributed by atoms with Gasteiger partial charge in [0, 0.05) is 43.7 Å². The van der Waals surface area contributed by atoms with E-state index in [0.29, 0.717) is 5.92 Å². The molecule has 1 aromatic heterocycles. The highest BCUT2D eigenvalue weighted by Crippen LogP contribution is 2.67. The highest BCUT2D eigenvalue weighted by atomic mass is 32.1. The van der Waals surface area contributed by atoms with Crippen LogP contribution in [0.25, 0.3) is 44.5 Å². The van der Waals surface area contributed by atoms with Crippen LogP contribution in [0.5, 0.6) is 0 Å². The van der Waals surface area contributed by atoms with Crippen molar-refractivity contribution in [3.05, 3.63) is 245 Å². The van der Waals surface area contributed by atoms with Gasteiger partial charge in [-0.2, -0.15) is 0 Å².